The van der Waals surface area contributed by atoms with Gasteiger partial charge in [0, 0.05) is 26.0 Å². The van der Waals surface area contributed by atoms with E-state index < -0.39 is 11.6 Å². The van der Waals surface area contributed by atoms with Gasteiger partial charge in [-0.25, -0.2) is 8.78 Å². The fourth-order valence-electron chi connectivity index (χ4n) is 1.21. The summed E-state index contributed by atoms with van der Waals surface area (Å²) in [6.45, 7) is 3.39. The van der Waals surface area contributed by atoms with Crippen LogP contribution in [0.3, 0.4) is 0 Å². The first kappa shape index (κ1) is 13.2. The number of halogens is 2. The van der Waals surface area contributed by atoms with Crippen molar-refractivity contribution >= 4 is 5.91 Å². The van der Waals surface area contributed by atoms with Crippen LogP contribution in [0.5, 0.6) is 0 Å². The molecule has 17 heavy (non-hydrogen) atoms. The minimum absolute atomic E-state index is 0.129. The first-order chi connectivity index (χ1) is 8.00. The van der Waals surface area contributed by atoms with E-state index in [0.717, 1.165) is 6.07 Å². The van der Waals surface area contributed by atoms with Gasteiger partial charge in [-0.05, 0) is 18.6 Å². The number of carbonyl (C=O) groups is 1. The zero-order chi connectivity index (χ0) is 12.8. The average Bonchev–Trinajstić information content (AvgIpc) is 2.24. The Balaban J connectivity index is 2.66. The highest BCUT2D eigenvalue weighted by Crippen LogP contribution is 2.12. The van der Waals surface area contributed by atoms with Gasteiger partial charge in [-0.1, -0.05) is 11.8 Å². The Bertz CT molecular complexity index is 486. The molecule has 0 radical (unpaired) electrons. The second-order valence-corrected chi connectivity index (χ2v) is 3.62. The molecule has 90 valence electrons. The van der Waals surface area contributed by atoms with Crippen molar-refractivity contribution in [3.05, 3.63) is 34.9 Å². The summed E-state index contributed by atoms with van der Waals surface area (Å²) in [5, 5.41) is 2.57. The lowest BCUT2D eigenvalue weighted by atomic mass is 10.1. The van der Waals surface area contributed by atoms with E-state index in [-0.39, 0.29) is 11.5 Å². The first-order valence-electron chi connectivity index (χ1n) is 5.19. The van der Waals surface area contributed by atoms with Crippen LogP contribution in [0.1, 0.15) is 24.5 Å². The summed E-state index contributed by atoms with van der Waals surface area (Å²) in [5.41, 5.74) is 0.532. The molecule has 0 atom stereocenters. The highest BCUT2D eigenvalue weighted by Gasteiger charge is 2.04. The summed E-state index contributed by atoms with van der Waals surface area (Å²) in [7, 11) is 0. The number of carbonyl (C=O) groups excluding carboxylic acids is 1. The molecule has 1 amide bonds. The van der Waals surface area contributed by atoms with E-state index in [1.807, 2.05) is 0 Å². The Kier molecular flexibility index (Phi) is 4.65. The molecule has 0 aromatic heterocycles. The largest absolute Gasteiger partial charge is 0.355 e. The highest BCUT2D eigenvalue weighted by molar-refractivity contribution is 5.72. The Morgan fingerprint density at radius 2 is 2.06 bits per heavy atom. The molecule has 1 N–H and O–H groups in total. The van der Waals surface area contributed by atoms with Gasteiger partial charge in [0.15, 0.2) is 0 Å². The summed E-state index contributed by atoms with van der Waals surface area (Å²) in [6.07, 6.45) is 0.426. The number of nitrogens with one attached hydrogen (secondary N) is 1. The van der Waals surface area contributed by atoms with Crippen molar-refractivity contribution in [2.75, 3.05) is 6.54 Å². The Morgan fingerprint density at radius 1 is 1.35 bits per heavy atom. The van der Waals surface area contributed by atoms with Crippen LogP contribution >= 0.6 is 0 Å². The monoisotopic (exact) mass is 237 g/mol. The van der Waals surface area contributed by atoms with Gasteiger partial charge < -0.3 is 5.32 Å². The molecule has 0 aliphatic carbocycles. The lowest BCUT2D eigenvalue weighted by Gasteiger charge is -1.99. The lowest BCUT2D eigenvalue weighted by molar-refractivity contribution is -0.118. The topological polar surface area (TPSA) is 29.1 Å². The number of hydrogen-bond acceptors (Lipinski definition) is 1. The molecule has 1 aromatic rings. The maximum Gasteiger partial charge on any atom is 0.216 e. The van der Waals surface area contributed by atoms with Crippen LogP contribution in [-0.2, 0) is 4.79 Å². The summed E-state index contributed by atoms with van der Waals surface area (Å²) >= 11 is 0. The van der Waals surface area contributed by atoms with Gasteiger partial charge in [0.05, 0.1) is 5.56 Å². The van der Waals surface area contributed by atoms with Gasteiger partial charge in [-0.3, -0.25) is 4.79 Å². The summed E-state index contributed by atoms with van der Waals surface area (Å²) in [5.74, 6) is 3.96. The number of benzene rings is 1. The lowest BCUT2D eigenvalue weighted by Crippen LogP contribution is -2.20. The number of amides is 1. The normalized spacial score (nSPS) is 9.41. The third kappa shape index (κ3) is 4.23. The molecule has 1 rings (SSSR count). The van der Waals surface area contributed by atoms with Crippen LogP contribution in [0.15, 0.2) is 12.1 Å². The van der Waals surface area contributed by atoms with Crippen molar-refractivity contribution in [1.29, 1.82) is 0 Å². The van der Waals surface area contributed by atoms with E-state index in [1.54, 1.807) is 6.92 Å². The highest BCUT2D eigenvalue weighted by atomic mass is 19.1. The molecule has 0 saturated carbocycles. The summed E-state index contributed by atoms with van der Waals surface area (Å²) in [6, 6.07) is 2.20. The molecule has 0 spiro atoms. The number of hydrogen-bond donors (Lipinski definition) is 1. The van der Waals surface area contributed by atoms with Gasteiger partial charge >= 0.3 is 0 Å². The molecule has 2 nitrogen and oxygen atoms in total. The van der Waals surface area contributed by atoms with E-state index in [0.29, 0.717) is 18.5 Å². The molecular formula is C13H13F2NO. The second-order valence-electron chi connectivity index (χ2n) is 3.62. The summed E-state index contributed by atoms with van der Waals surface area (Å²) < 4.78 is 26.2. The number of aryl methyl sites for hydroxylation is 1. The minimum Gasteiger partial charge on any atom is -0.355 e. The van der Waals surface area contributed by atoms with Crippen molar-refractivity contribution in [3.8, 4) is 11.8 Å². The average molecular weight is 237 g/mol. The fourth-order valence-corrected chi connectivity index (χ4v) is 1.21. The number of rotatable bonds is 2. The van der Waals surface area contributed by atoms with E-state index in [1.165, 1.54) is 13.0 Å². The Hall–Kier alpha value is -1.89. The molecule has 0 heterocycles. The quantitative estimate of drug-likeness (QED) is 0.619. The van der Waals surface area contributed by atoms with E-state index >= 15 is 0 Å². The predicted octanol–water partition coefficient (Wildman–Crippen LogP) is 2.15. The van der Waals surface area contributed by atoms with Crippen molar-refractivity contribution < 1.29 is 13.6 Å². The second kappa shape index (κ2) is 6.00. The van der Waals surface area contributed by atoms with Gasteiger partial charge in [0.2, 0.25) is 5.91 Å². The van der Waals surface area contributed by atoms with Gasteiger partial charge in [0.1, 0.15) is 11.6 Å². The fraction of sp³-hybridized carbons (Fsp3) is 0.308. The molecule has 0 fully saturated rings. The van der Waals surface area contributed by atoms with E-state index in [2.05, 4.69) is 17.2 Å². The Labute approximate surface area is 99.0 Å². The van der Waals surface area contributed by atoms with Crippen LogP contribution in [0.25, 0.3) is 0 Å². The van der Waals surface area contributed by atoms with Crippen LogP contribution < -0.4 is 5.32 Å². The zero-order valence-corrected chi connectivity index (χ0v) is 9.73. The third-order valence-electron chi connectivity index (χ3n) is 2.10. The van der Waals surface area contributed by atoms with Crippen molar-refractivity contribution in [3.63, 3.8) is 0 Å². The van der Waals surface area contributed by atoms with Crippen LogP contribution in [0.2, 0.25) is 0 Å². The van der Waals surface area contributed by atoms with Crippen LogP contribution in [-0.4, -0.2) is 12.5 Å². The van der Waals surface area contributed by atoms with Crippen molar-refractivity contribution in [1.82, 2.24) is 5.32 Å². The molecule has 1 aromatic carbocycles. The standard InChI is InChI=1S/C13H13F2NO/c1-9-7-11(13(15)8-12(9)14)5-3-4-6-16-10(2)17/h7-8H,4,6H2,1-2H3,(H,16,17). The molecule has 0 bridgehead atoms. The maximum absolute atomic E-state index is 13.3. The molecule has 0 aliphatic heterocycles. The smallest absolute Gasteiger partial charge is 0.216 e. The van der Waals surface area contributed by atoms with Gasteiger partial charge in [-0.15, -0.1) is 0 Å². The minimum atomic E-state index is -0.667. The summed E-state index contributed by atoms with van der Waals surface area (Å²) in [4.78, 5) is 10.6. The van der Waals surface area contributed by atoms with Crippen molar-refractivity contribution in [2.24, 2.45) is 0 Å². The molecule has 0 unspecified atom stereocenters. The van der Waals surface area contributed by atoms with Gasteiger partial charge in [0.25, 0.3) is 0 Å². The molecular weight excluding hydrogens is 224 g/mol. The van der Waals surface area contributed by atoms with E-state index in [4.69, 9.17) is 0 Å². The first-order valence-corrected chi connectivity index (χ1v) is 5.19. The predicted molar refractivity (Wildman–Crippen MR) is 61.3 cm³/mol. The SMILES string of the molecule is CC(=O)NCCC#Cc1cc(C)c(F)cc1F. The molecule has 0 aliphatic rings. The van der Waals surface area contributed by atoms with Crippen LogP contribution in [0.4, 0.5) is 8.78 Å². The van der Waals surface area contributed by atoms with Gasteiger partial charge in [-0.2, -0.15) is 0 Å². The van der Waals surface area contributed by atoms with Crippen molar-refractivity contribution in [2.45, 2.75) is 20.3 Å². The Morgan fingerprint density at radius 3 is 2.71 bits per heavy atom. The molecule has 4 heteroatoms. The third-order valence-corrected chi connectivity index (χ3v) is 2.10. The zero-order valence-electron chi connectivity index (χ0n) is 9.73. The van der Waals surface area contributed by atoms with Crippen LogP contribution in [0, 0.1) is 30.4 Å². The maximum atomic E-state index is 13.3. The van der Waals surface area contributed by atoms with E-state index in [9.17, 15) is 13.6 Å². The molecule has 0 saturated heterocycles.